The molecule has 5 nitrogen and oxygen atoms in total. The molecule has 0 bridgehead atoms. The molecule has 3 N–H and O–H groups in total. The Bertz CT molecular complexity index is 604. The number of benzene rings is 1. The molecule has 126 valence electrons. The number of nitrogens with one attached hydrogen (secondary N) is 3. The lowest BCUT2D eigenvalue weighted by molar-refractivity contribution is -0.137. The summed E-state index contributed by atoms with van der Waals surface area (Å²) in [4.78, 5) is 22.9. The van der Waals surface area contributed by atoms with E-state index in [0.717, 1.165) is 0 Å². The molecule has 0 fully saturated rings. The summed E-state index contributed by atoms with van der Waals surface area (Å²) in [5.74, 6) is -1.28. The van der Waals surface area contributed by atoms with Crippen molar-refractivity contribution in [1.29, 1.82) is 0 Å². The average Bonchev–Trinajstić information content (AvgIpc) is 2.87. The minimum atomic E-state index is -4.50. The van der Waals surface area contributed by atoms with E-state index in [-0.39, 0.29) is 11.9 Å². The molecule has 0 radical (unpaired) electrons. The number of alkyl halides is 3. The van der Waals surface area contributed by atoms with Crippen LogP contribution in [0.2, 0.25) is 0 Å². The summed E-state index contributed by atoms with van der Waals surface area (Å²) in [6, 6.07) is 3.49. The fourth-order valence-electron chi connectivity index (χ4n) is 2.39. The topological polar surface area (TPSA) is 70.2 Å². The highest BCUT2D eigenvalue weighted by Crippen LogP contribution is 2.32. The minimum absolute atomic E-state index is 0.335. The van der Waals surface area contributed by atoms with Gasteiger partial charge in [-0.3, -0.25) is 4.79 Å². The Kier molecular flexibility index (Phi) is 5.07. The lowest BCUT2D eigenvalue weighted by Gasteiger charge is -2.15. The fraction of sp³-hybridized carbons (Fsp3) is 0.429. The van der Waals surface area contributed by atoms with Gasteiger partial charge in [0, 0.05) is 0 Å². The second-order valence-corrected chi connectivity index (χ2v) is 5.12. The molecule has 23 heavy (non-hydrogen) atoms. The zero-order valence-corrected chi connectivity index (χ0v) is 12.0. The summed E-state index contributed by atoms with van der Waals surface area (Å²) in [7, 11) is 0. The largest absolute Gasteiger partial charge is 0.405 e. The number of halogens is 4. The number of hydrogen-bond acceptors (Lipinski definition) is 2. The summed E-state index contributed by atoms with van der Waals surface area (Å²) in [6.45, 7) is -2.03. The molecule has 1 aliphatic rings. The van der Waals surface area contributed by atoms with Crippen molar-refractivity contribution in [3.63, 3.8) is 0 Å². The van der Waals surface area contributed by atoms with Gasteiger partial charge < -0.3 is 16.0 Å². The van der Waals surface area contributed by atoms with Gasteiger partial charge in [0.1, 0.15) is 12.4 Å². The Balaban J connectivity index is 1.79. The van der Waals surface area contributed by atoms with E-state index in [2.05, 4.69) is 10.6 Å². The summed E-state index contributed by atoms with van der Waals surface area (Å²) in [5.41, 5.74) is 1.21. The summed E-state index contributed by atoms with van der Waals surface area (Å²) in [5, 5.41) is 6.38. The fourth-order valence-corrected chi connectivity index (χ4v) is 2.39. The first-order chi connectivity index (χ1) is 10.8. The predicted octanol–water partition coefficient (Wildman–Crippen LogP) is 1.79. The van der Waals surface area contributed by atoms with Gasteiger partial charge in [0.05, 0.1) is 12.6 Å². The van der Waals surface area contributed by atoms with Crippen molar-refractivity contribution < 1.29 is 27.2 Å². The highest BCUT2D eigenvalue weighted by atomic mass is 19.4. The van der Waals surface area contributed by atoms with Crippen LogP contribution in [0.3, 0.4) is 0 Å². The molecular weight excluding hydrogens is 318 g/mol. The number of fused-ring (bicyclic) bond motifs is 1. The molecular formula is C14H15F4N3O2. The Morgan fingerprint density at radius 1 is 1.22 bits per heavy atom. The monoisotopic (exact) mass is 333 g/mol. The van der Waals surface area contributed by atoms with E-state index in [1.165, 1.54) is 12.1 Å². The van der Waals surface area contributed by atoms with Crippen molar-refractivity contribution in [1.82, 2.24) is 16.0 Å². The SMILES string of the molecule is O=C(CNC(=O)N[C@@H]1CCc2c(F)cccc21)NCC(F)(F)F. The first kappa shape index (κ1) is 17.0. The van der Waals surface area contributed by atoms with E-state index >= 15 is 0 Å². The van der Waals surface area contributed by atoms with Gasteiger partial charge in [-0.25, -0.2) is 9.18 Å². The minimum Gasteiger partial charge on any atom is -0.345 e. The Labute approximate surface area is 129 Å². The standard InChI is InChI=1S/C14H15F4N3O2/c15-10-3-1-2-9-8(10)4-5-11(9)21-13(23)19-6-12(22)20-7-14(16,17)18/h1-3,11H,4-7H2,(H,20,22)(H2,19,21,23)/t11-/m1/s1. The molecule has 0 unspecified atom stereocenters. The van der Waals surface area contributed by atoms with Gasteiger partial charge in [0.25, 0.3) is 0 Å². The van der Waals surface area contributed by atoms with Crippen molar-refractivity contribution in [3.8, 4) is 0 Å². The van der Waals surface area contributed by atoms with Crippen molar-refractivity contribution in [3.05, 3.63) is 35.1 Å². The van der Waals surface area contributed by atoms with Crippen LogP contribution in [0, 0.1) is 5.82 Å². The van der Waals surface area contributed by atoms with Crippen LogP contribution in [0.15, 0.2) is 18.2 Å². The maximum absolute atomic E-state index is 13.6. The van der Waals surface area contributed by atoms with E-state index < -0.39 is 31.2 Å². The third-order valence-electron chi connectivity index (χ3n) is 3.41. The van der Waals surface area contributed by atoms with Crippen molar-refractivity contribution >= 4 is 11.9 Å². The number of hydrogen-bond donors (Lipinski definition) is 3. The first-order valence-corrected chi connectivity index (χ1v) is 6.91. The maximum atomic E-state index is 13.6. The Morgan fingerprint density at radius 2 is 1.96 bits per heavy atom. The smallest absolute Gasteiger partial charge is 0.345 e. The molecule has 2 rings (SSSR count). The number of rotatable bonds is 4. The van der Waals surface area contributed by atoms with E-state index in [4.69, 9.17) is 0 Å². The molecule has 0 heterocycles. The predicted molar refractivity (Wildman–Crippen MR) is 73.1 cm³/mol. The lowest BCUT2D eigenvalue weighted by Crippen LogP contribution is -2.44. The van der Waals surface area contributed by atoms with Crippen molar-refractivity contribution in [2.24, 2.45) is 0 Å². The second-order valence-electron chi connectivity index (χ2n) is 5.12. The van der Waals surface area contributed by atoms with Gasteiger partial charge in [0.2, 0.25) is 5.91 Å². The average molecular weight is 333 g/mol. The molecule has 1 aromatic rings. The van der Waals surface area contributed by atoms with Crippen LogP contribution in [0.1, 0.15) is 23.6 Å². The molecule has 0 saturated carbocycles. The number of carbonyl (C=O) groups excluding carboxylic acids is 2. The zero-order valence-electron chi connectivity index (χ0n) is 12.0. The third kappa shape index (κ3) is 4.83. The molecule has 1 aromatic carbocycles. The van der Waals surface area contributed by atoms with Crippen LogP contribution in [-0.2, 0) is 11.2 Å². The molecule has 0 aliphatic heterocycles. The van der Waals surface area contributed by atoms with Crippen LogP contribution < -0.4 is 16.0 Å². The van der Waals surface area contributed by atoms with Gasteiger partial charge in [-0.15, -0.1) is 0 Å². The van der Waals surface area contributed by atoms with Crippen LogP contribution in [-0.4, -0.2) is 31.2 Å². The van der Waals surface area contributed by atoms with E-state index in [1.807, 2.05) is 0 Å². The summed E-state index contributed by atoms with van der Waals surface area (Å²) >= 11 is 0. The van der Waals surface area contributed by atoms with Crippen LogP contribution in [0.5, 0.6) is 0 Å². The lowest BCUT2D eigenvalue weighted by atomic mass is 10.1. The second kappa shape index (κ2) is 6.84. The molecule has 0 aromatic heterocycles. The van der Waals surface area contributed by atoms with E-state index in [1.54, 1.807) is 11.4 Å². The van der Waals surface area contributed by atoms with Gasteiger partial charge in [-0.2, -0.15) is 13.2 Å². The van der Waals surface area contributed by atoms with Crippen molar-refractivity contribution in [2.75, 3.05) is 13.1 Å². The first-order valence-electron chi connectivity index (χ1n) is 6.91. The number of carbonyl (C=O) groups is 2. The summed E-state index contributed by atoms with van der Waals surface area (Å²) in [6.07, 6.45) is -3.50. The Hall–Kier alpha value is -2.32. The van der Waals surface area contributed by atoms with Crippen LogP contribution >= 0.6 is 0 Å². The van der Waals surface area contributed by atoms with Gasteiger partial charge in [-0.1, -0.05) is 12.1 Å². The summed E-state index contributed by atoms with van der Waals surface area (Å²) < 4.78 is 49.3. The highest BCUT2D eigenvalue weighted by Gasteiger charge is 2.28. The van der Waals surface area contributed by atoms with Crippen LogP contribution in [0.25, 0.3) is 0 Å². The van der Waals surface area contributed by atoms with E-state index in [0.29, 0.717) is 24.0 Å². The molecule has 1 atom stereocenters. The highest BCUT2D eigenvalue weighted by molar-refractivity contribution is 5.84. The molecule has 1 aliphatic carbocycles. The maximum Gasteiger partial charge on any atom is 0.405 e. The van der Waals surface area contributed by atoms with Gasteiger partial charge >= 0.3 is 12.2 Å². The third-order valence-corrected chi connectivity index (χ3v) is 3.41. The van der Waals surface area contributed by atoms with Gasteiger partial charge in [-0.05, 0) is 30.0 Å². The Morgan fingerprint density at radius 3 is 2.65 bits per heavy atom. The zero-order chi connectivity index (χ0) is 17.0. The number of urea groups is 1. The normalized spacial score (nSPS) is 16.6. The quantitative estimate of drug-likeness (QED) is 0.735. The number of amides is 3. The van der Waals surface area contributed by atoms with Gasteiger partial charge in [0.15, 0.2) is 0 Å². The molecule has 9 heteroatoms. The molecule has 0 spiro atoms. The molecule has 3 amide bonds. The van der Waals surface area contributed by atoms with E-state index in [9.17, 15) is 27.2 Å². The van der Waals surface area contributed by atoms with Crippen LogP contribution in [0.4, 0.5) is 22.4 Å². The van der Waals surface area contributed by atoms with Crippen molar-refractivity contribution in [2.45, 2.75) is 25.1 Å². The molecule has 0 saturated heterocycles.